The van der Waals surface area contributed by atoms with Crippen molar-refractivity contribution in [1.82, 2.24) is 9.80 Å². The van der Waals surface area contributed by atoms with Crippen molar-refractivity contribution >= 4 is 17.8 Å². The molecule has 0 aromatic carbocycles. The molecular formula is C20H34N2O4. The molecule has 0 aromatic heterocycles. The number of carbonyl (C=O) groups is 3. The zero-order valence-corrected chi connectivity index (χ0v) is 16.3. The summed E-state index contributed by atoms with van der Waals surface area (Å²) < 4.78 is 0. The van der Waals surface area contributed by atoms with Crippen LogP contribution in [0, 0.1) is 17.8 Å². The molecule has 0 radical (unpaired) electrons. The van der Waals surface area contributed by atoms with E-state index in [-0.39, 0.29) is 30.8 Å². The number of carbonyl (C=O) groups excluding carboxylic acids is 2. The zero-order valence-electron chi connectivity index (χ0n) is 16.3. The molecule has 0 spiro atoms. The lowest BCUT2D eigenvalue weighted by Gasteiger charge is -2.33. The normalized spacial score (nSPS) is 22.7. The van der Waals surface area contributed by atoms with Gasteiger partial charge in [-0.15, -0.1) is 0 Å². The number of aliphatic carboxylic acids is 1. The fourth-order valence-corrected chi connectivity index (χ4v) is 4.37. The second-order valence-electron chi connectivity index (χ2n) is 8.06. The first-order valence-corrected chi connectivity index (χ1v) is 10.2. The Labute approximate surface area is 156 Å². The second-order valence-corrected chi connectivity index (χ2v) is 8.06. The lowest BCUT2D eigenvalue weighted by atomic mass is 9.81. The number of piperidine rings is 1. The van der Waals surface area contributed by atoms with E-state index >= 15 is 0 Å². The van der Waals surface area contributed by atoms with Crippen molar-refractivity contribution in [2.45, 2.75) is 64.7 Å². The van der Waals surface area contributed by atoms with Crippen molar-refractivity contribution in [1.29, 1.82) is 0 Å². The van der Waals surface area contributed by atoms with Crippen molar-refractivity contribution in [3.8, 4) is 0 Å². The topological polar surface area (TPSA) is 77.9 Å². The van der Waals surface area contributed by atoms with Gasteiger partial charge in [-0.1, -0.05) is 39.0 Å². The number of hydrogen-bond donors (Lipinski definition) is 1. The summed E-state index contributed by atoms with van der Waals surface area (Å²) in [5.74, 6) is -0.782. The molecule has 2 rings (SSSR count). The number of hydrogen-bond acceptors (Lipinski definition) is 3. The van der Waals surface area contributed by atoms with Crippen LogP contribution in [0.3, 0.4) is 0 Å². The van der Waals surface area contributed by atoms with Gasteiger partial charge in [-0.3, -0.25) is 14.4 Å². The minimum absolute atomic E-state index is 0.0102. The molecule has 1 saturated carbocycles. The standard InChI is InChI=1S/C20H34N2O4/c1-3-16(12-15-8-5-4-6-9-15)19(24)21(2)14-18(23)22-11-7-10-17(13-22)20(25)26/h15-17H,3-14H2,1-2H3,(H,25,26). The summed E-state index contributed by atoms with van der Waals surface area (Å²) in [6.07, 6.45) is 9.34. The van der Waals surface area contributed by atoms with Crippen LogP contribution in [0.1, 0.15) is 64.7 Å². The van der Waals surface area contributed by atoms with E-state index in [2.05, 4.69) is 0 Å². The van der Waals surface area contributed by atoms with E-state index in [1.165, 1.54) is 32.1 Å². The lowest BCUT2D eigenvalue weighted by Crippen LogP contribution is -2.47. The Balaban J connectivity index is 1.85. The summed E-state index contributed by atoms with van der Waals surface area (Å²) in [5, 5.41) is 9.17. The highest BCUT2D eigenvalue weighted by Gasteiger charge is 2.30. The number of carboxylic acids is 1. The van der Waals surface area contributed by atoms with E-state index in [1.54, 1.807) is 16.8 Å². The molecule has 2 atom stereocenters. The number of carboxylic acid groups (broad SMARTS) is 1. The Morgan fingerprint density at radius 1 is 1.12 bits per heavy atom. The third-order valence-corrected chi connectivity index (χ3v) is 6.06. The third kappa shape index (κ3) is 5.71. The summed E-state index contributed by atoms with van der Waals surface area (Å²) in [5.41, 5.74) is 0. The molecule has 2 aliphatic rings. The summed E-state index contributed by atoms with van der Waals surface area (Å²) >= 11 is 0. The SMILES string of the molecule is CCC(CC1CCCCC1)C(=O)N(C)CC(=O)N1CCCC(C(=O)O)C1. The monoisotopic (exact) mass is 366 g/mol. The minimum Gasteiger partial charge on any atom is -0.481 e. The van der Waals surface area contributed by atoms with Gasteiger partial charge in [0.1, 0.15) is 0 Å². The fourth-order valence-electron chi connectivity index (χ4n) is 4.37. The van der Waals surface area contributed by atoms with E-state index in [0.29, 0.717) is 25.3 Å². The van der Waals surface area contributed by atoms with Crippen molar-refractivity contribution < 1.29 is 19.5 Å². The number of likely N-dealkylation sites (tertiary alicyclic amines) is 1. The largest absolute Gasteiger partial charge is 0.481 e. The third-order valence-electron chi connectivity index (χ3n) is 6.06. The maximum absolute atomic E-state index is 12.8. The van der Waals surface area contributed by atoms with Gasteiger partial charge in [0, 0.05) is 26.1 Å². The number of rotatable bonds is 7. The van der Waals surface area contributed by atoms with E-state index in [0.717, 1.165) is 12.8 Å². The van der Waals surface area contributed by atoms with Gasteiger partial charge in [-0.05, 0) is 31.6 Å². The van der Waals surface area contributed by atoms with Crippen LogP contribution in [0.25, 0.3) is 0 Å². The molecule has 2 fully saturated rings. The summed E-state index contributed by atoms with van der Waals surface area (Å²) in [7, 11) is 1.70. The van der Waals surface area contributed by atoms with Gasteiger partial charge in [0.2, 0.25) is 11.8 Å². The summed E-state index contributed by atoms with van der Waals surface area (Å²) in [6, 6.07) is 0. The molecule has 148 valence electrons. The molecule has 26 heavy (non-hydrogen) atoms. The first-order chi connectivity index (χ1) is 12.4. The average molecular weight is 367 g/mol. The molecule has 1 aliphatic heterocycles. The quantitative estimate of drug-likeness (QED) is 0.751. The van der Waals surface area contributed by atoms with Crippen LogP contribution < -0.4 is 0 Å². The molecule has 1 saturated heterocycles. The highest BCUT2D eigenvalue weighted by atomic mass is 16.4. The van der Waals surface area contributed by atoms with Gasteiger partial charge in [0.25, 0.3) is 0 Å². The highest BCUT2D eigenvalue weighted by Crippen LogP contribution is 2.30. The molecule has 1 aliphatic carbocycles. The van der Waals surface area contributed by atoms with Crippen molar-refractivity contribution in [2.75, 3.05) is 26.7 Å². The molecule has 6 nitrogen and oxygen atoms in total. The highest BCUT2D eigenvalue weighted by molar-refractivity contribution is 5.86. The van der Waals surface area contributed by atoms with E-state index < -0.39 is 11.9 Å². The Morgan fingerprint density at radius 3 is 2.42 bits per heavy atom. The predicted molar refractivity (Wildman–Crippen MR) is 99.5 cm³/mol. The van der Waals surface area contributed by atoms with Gasteiger partial charge >= 0.3 is 5.97 Å². The molecule has 0 aromatic rings. The maximum Gasteiger partial charge on any atom is 0.308 e. The van der Waals surface area contributed by atoms with Crippen LogP contribution in [0.4, 0.5) is 0 Å². The van der Waals surface area contributed by atoms with Crippen LogP contribution in [0.2, 0.25) is 0 Å². The van der Waals surface area contributed by atoms with Crippen LogP contribution in [0.5, 0.6) is 0 Å². The fraction of sp³-hybridized carbons (Fsp3) is 0.850. The maximum atomic E-state index is 12.8. The molecule has 1 N–H and O–H groups in total. The number of amides is 2. The Bertz CT molecular complexity index is 502. The van der Waals surface area contributed by atoms with Gasteiger partial charge in [-0.2, -0.15) is 0 Å². The smallest absolute Gasteiger partial charge is 0.308 e. The van der Waals surface area contributed by atoms with Crippen molar-refractivity contribution in [2.24, 2.45) is 17.8 Å². The van der Waals surface area contributed by atoms with Gasteiger partial charge in [0.15, 0.2) is 0 Å². The van der Waals surface area contributed by atoms with Gasteiger partial charge in [0.05, 0.1) is 12.5 Å². The van der Waals surface area contributed by atoms with Crippen LogP contribution in [-0.2, 0) is 14.4 Å². The molecule has 2 unspecified atom stereocenters. The zero-order chi connectivity index (χ0) is 19.1. The predicted octanol–water partition coefficient (Wildman–Crippen LogP) is 2.76. The second kappa shape index (κ2) is 9.93. The van der Waals surface area contributed by atoms with E-state index in [4.69, 9.17) is 5.11 Å². The van der Waals surface area contributed by atoms with Crippen molar-refractivity contribution in [3.05, 3.63) is 0 Å². The summed E-state index contributed by atoms with van der Waals surface area (Å²) in [4.78, 5) is 39.6. The van der Waals surface area contributed by atoms with Gasteiger partial charge in [-0.25, -0.2) is 0 Å². The van der Waals surface area contributed by atoms with Crippen LogP contribution in [0.15, 0.2) is 0 Å². The Hall–Kier alpha value is -1.59. The van der Waals surface area contributed by atoms with Gasteiger partial charge < -0.3 is 14.9 Å². The van der Waals surface area contributed by atoms with E-state index in [1.807, 2.05) is 6.92 Å². The molecule has 0 bridgehead atoms. The number of nitrogens with zero attached hydrogens (tertiary/aromatic N) is 2. The van der Waals surface area contributed by atoms with E-state index in [9.17, 15) is 14.4 Å². The van der Waals surface area contributed by atoms with Crippen LogP contribution in [-0.4, -0.2) is 59.4 Å². The lowest BCUT2D eigenvalue weighted by molar-refractivity contribution is -0.148. The Kier molecular flexibility index (Phi) is 7.91. The number of likely N-dealkylation sites (N-methyl/N-ethyl adjacent to an activating group) is 1. The summed E-state index contributed by atoms with van der Waals surface area (Å²) in [6.45, 7) is 2.94. The van der Waals surface area contributed by atoms with Crippen LogP contribution >= 0.6 is 0 Å². The first-order valence-electron chi connectivity index (χ1n) is 10.2. The minimum atomic E-state index is -0.842. The average Bonchev–Trinajstić information content (AvgIpc) is 2.66. The van der Waals surface area contributed by atoms with Crippen molar-refractivity contribution in [3.63, 3.8) is 0 Å². The molecular weight excluding hydrogens is 332 g/mol. The molecule has 1 heterocycles. The first kappa shape index (κ1) is 20.7. The molecule has 2 amide bonds. The Morgan fingerprint density at radius 2 is 1.81 bits per heavy atom. The molecule has 6 heteroatoms.